The first-order chi connectivity index (χ1) is 12.5. The molecule has 134 valence electrons. The van der Waals surface area contributed by atoms with E-state index in [4.69, 9.17) is 23.2 Å². The number of carbonyl (C=O) groups is 2. The van der Waals surface area contributed by atoms with E-state index in [9.17, 15) is 9.59 Å². The van der Waals surface area contributed by atoms with E-state index in [0.29, 0.717) is 16.4 Å². The average Bonchev–Trinajstić information content (AvgIpc) is 2.85. The van der Waals surface area contributed by atoms with Crippen molar-refractivity contribution in [3.8, 4) is 0 Å². The number of halogens is 2. The quantitative estimate of drug-likeness (QED) is 0.698. The molecular weight excluding hydrogens is 371 g/mol. The molecule has 0 aromatic heterocycles. The average molecular weight is 389 g/mol. The van der Waals surface area contributed by atoms with Gasteiger partial charge in [-0.2, -0.15) is 0 Å². The smallest absolute Gasteiger partial charge is 0.283 e. The third kappa shape index (κ3) is 3.76. The normalized spacial score (nSPS) is 14.3. The van der Waals surface area contributed by atoms with Crippen molar-refractivity contribution < 1.29 is 9.59 Å². The SMILES string of the molecule is CCCCc1ccc(NC2=C(Cl)C(=O)N(c3ccc(Cl)cc3)C2=O)cc1. The van der Waals surface area contributed by atoms with E-state index >= 15 is 0 Å². The van der Waals surface area contributed by atoms with Crippen molar-refractivity contribution in [3.63, 3.8) is 0 Å². The van der Waals surface area contributed by atoms with Crippen LogP contribution in [-0.2, 0) is 16.0 Å². The molecule has 6 heteroatoms. The molecule has 1 aliphatic rings. The van der Waals surface area contributed by atoms with Crippen LogP contribution in [-0.4, -0.2) is 11.8 Å². The maximum Gasteiger partial charge on any atom is 0.283 e. The Morgan fingerprint density at radius 3 is 2.19 bits per heavy atom. The summed E-state index contributed by atoms with van der Waals surface area (Å²) in [5, 5.41) is 3.37. The Morgan fingerprint density at radius 1 is 0.923 bits per heavy atom. The summed E-state index contributed by atoms with van der Waals surface area (Å²) in [5.41, 5.74) is 2.44. The molecule has 1 heterocycles. The number of rotatable bonds is 6. The van der Waals surface area contributed by atoms with E-state index in [2.05, 4.69) is 12.2 Å². The molecule has 2 aromatic rings. The van der Waals surface area contributed by atoms with Crippen molar-refractivity contribution in [2.45, 2.75) is 26.2 Å². The molecule has 0 bridgehead atoms. The predicted octanol–water partition coefficient (Wildman–Crippen LogP) is 5.12. The first-order valence-electron chi connectivity index (χ1n) is 8.41. The van der Waals surface area contributed by atoms with Crippen LogP contribution in [0.4, 0.5) is 11.4 Å². The predicted molar refractivity (Wildman–Crippen MR) is 106 cm³/mol. The number of nitrogens with zero attached hydrogens (tertiary/aromatic N) is 1. The summed E-state index contributed by atoms with van der Waals surface area (Å²) in [6.45, 7) is 2.15. The molecule has 0 saturated heterocycles. The fourth-order valence-corrected chi connectivity index (χ4v) is 3.05. The molecule has 26 heavy (non-hydrogen) atoms. The zero-order valence-corrected chi connectivity index (χ0v) is 15.8. The van der Waals surface area contributed by atoms with Gasteiger partial charge in [-0.1, -0.05) is 48.7 Å². The second kappa shape index (κ2) is 7.94. The highest BCUT2D eigenvalue weighted by molar-refractivity contribution is 6.53. The van der Waals surface area contributed by atoms with Crippen LogP contribution in [0.15, 0.2) is 59.3 Å². The maximum atomic E-state index is 12.7. The lowest BCUT2D eigenvalue weighted by molar-refractivity contribution is -0.120. The van der Waals surface area contributed by atoms with Gasteiger partial charge in [0.1, 0.15) is 10.7 Å². The van der Waals surface area contributed by atoms with E-state index in [-0.39, 0.29) is 10.7 Å². The molecule has 0 saturated carbocycles. The monoisotopic (exact) mass is 388 g/mol. The summed E-state index contributed by atoms with van der Waals surface area (Å²) in [6.07, 6.45) is 3.29. The summed E-state index contributed by atoms with van der Waals surface area (Å²) < 4.78 is 0. The molecule has 2 aromatic carbocycles. The Morgan fingerprint density at radius 2 is 1.58 bits per heavy atom. The topological polar surface area (TPSA) is 49.4 Å². The molecule has 0 atom stereocenters. The van der Waals surface area contributed by atoms with Crippen LogP contribution in [0.3, 0.4) is 0 Å². The molecule has 1 aliphatic heterocycles. The standard InChI is InChI=1S/C20H18Cl2N2O2/c1-2-3-4-13-5-9-15(10-6-13)23-18-17(22)19(25)24(20(18)26)16-11-7-14(21)8-12-16/h5-12,23H,2-4H2,1H3. The summed E-state index contributed by atoms with van der Waals surface area (Å²) in [7, 11) is 0. The number of nitrogens with one attached hydrogen (secondary N) is 1. The highest BCUT2D eigenvalue weighted by Crippen LogP contribution is 2.30. The Bertz CT molecular complexity index is 858. The van der Waals surface area contributed by atoms with E-state index in [1.165, 1.54) is 5.56 Å². The number of hydrogen-bond donors (Lipinski definition) is 1. The highest BCUT2D eigenvalue weighted by atomic mass is 35.5. The van der Waals surface area contributed by atoms with Gasteiger partial charge in [0.15, 0.2) is 0 Å². The van der Waals surface area contributed by atoms with Crippen molar-refractivity contribution >= 4 is 46.4 Å². The van der Waals surface area contributed by atoms with E-state index < -0.39 is 11.8 Å². The minimum absolute atomic E-state index is 0.0768. The second-order valence-electron chi connectivity index (χ2n) is 6.04. The molecular formula is C20H18Cl2N2O2. The zero-order chi connectivity index (χ0) is 18.7. The Labute approximate surface area is 162 Å². The lowest BCUT2D eigenvalue weighted by atomic mass is 10.1. The number of anilines is 2. The van der Waals surface area contributed by atoms with Crippen LogP contribution in [0.2, 0.25) is 5.02 Å². The largest absolute Gasteiger partial charge is 0.350 e. The first-order valence-corrected chi connectivity index (χ1v) is 9.17. The molecule has 3 rings (SSSR count). The van der Waals surface area contributed by atoms with Gasteiger partial charge in [-0.3, -0.25) is 9.59 Å². The van der Waals surface area contributed by atoms with Gasteiger partial charge < -0.3 is 5.32 Å². The summed E-state index contributed by atoms with van der Waals surface area (Å²) in [5.74, 6) is -1.04. The van der Waals surface area contributed by atoms with Gasteiger partial charge in [0.25, 0.3) is 11.8 Å². The lowest BCUT2D eigenvalue weighted by Crippen LogP contribution is -2.32. The van der Waals surface area contributed by atoms with Crippen LogP contribution >= 0.6 is 23.2 Å². The zero-order valence-electron chi connectivity index (χ0n) is 14.3. The van der Waals surface area contributed by atoms with Crippen LogP contribution < -0.4 is 10.2 Å². The molecule has 4 nitrogen and oxygen atoms in total. The van der Waals surface area contributed by atoms with Gasteiger partial charge in [-0.25, -0.2) is 4.90 Å². The Kier molecular flexibility index (Phi) is 5.64. The van der Waals surface area contributed by atoms with Crippen LogP contribution in [0, 0.1) is 0 Å². The van der Waals surface area contributed by atoms with E-state index in [0.717, 1.165) is 24.2 Å². The van der Waals surface area contributed by atoms with Gasteiger partial charge in [0.2, 0.25) is 0 Å². The van der Waals surface area contributed by atoms with Crippen molar-refractivity contribution in [2.24, 2.45) is 0 Å². The van der Waals surface area contributed by atoms with Crippen LogP contribution in [0.1, 0.15) is 25.3 Å². The van der Waals surface area contributed by atoms with Crippen LogP contribution in [0.5, 0.6) is 0 Å². The van der Waals surface area contributed by atoms with E-state index in [1.54, 1.807) is 24.3 Å². The Balaban J connectivity index is 1.78. The van der Waals surface area contributed by atoms with Gasteiger partial charge in [0.05, 0.1) is 5.69 Å². The van der Waals surface area contributed by atoms with Gasteiger partial charge >= 0.3 is 0 Å². The number of hydrogen-bond acceptors (Lipinski definition) is 3. The summed E-state index contributed by atoms with van der Waals surface area (Å²) in [6, 6.07) is 14.2. The number of imide groups is 1. The highest BCUT2D eigenvalue weighted by Gasteiger charge is 2.38. The minimum atomic E-state index is -0.555. The van der Waals surface area contributed by atoms with Crippen molar-refractivity contribution in [1.82, 2.24) is 0 Å². The molecule has 0 radical (unpaired) electrons. The second-order valence-corrected chi connectivity index (χ2v) is 6.85. The van der Waals surface area contributed by atoms with Crippen molar-refractivity contribution in [3.05, 3.63) is 69.8 Å². The van der Waals surface area contributed by atoms with Gasteiger partial charge in [-0.05, 0) is 54.8 Å². The summed E-state index contributed by atoms with van der Waals surface area (Å²) in [4.78, 5) is 26.1. The van der Waals surface area contributed by atoms with Gasteiger partial charge in [-0.15, -0.1) is 0 Å². The number of carbonyl (C=O) groups excluding carboxylic acids is 2. The number of benzene rings is 2. The molecule has 0 aliphatic carbocycles. The van der Waals surface area contributed by atoms with E-state index in [1.807, 2.05) is 24.3 Å². The number of amides is 2. The van der Waals surface area contributed by atoms with Gasteiger partial charge in [0, 0.05) is 10.7 Å². The summed E-state index contributed by atoms with van der Waals surface area (Å²) >= 11 is 12.0. The first kappa shape index (κ1) is 18.5. The molecule has 0 fully saturated rings. The fraction of sp³-hybridized carbons (Fsp3) is 0.200. The molecule has 1 N–H and O–H groups in total. The van der Waals surface area contributed by atoms with Crippen molar-refractivity contribution in [1.29, 1.82) is 0 Å². The number of aryl methyl sites for hydroxylation is 1. The third-order valence-electron chi connectivity index (χ3n) is 4.15. The Hall–Kier alpha value is -2.30. The molecule has 0 unspecified atom stereocenters. The minimum Gasteiger partial charge on any atom is -0.350 e. The third-order valence-corrected chi connectivity index (χ3v) is 4.76. The fourth-order valence-electron chi connectivity index (χ4n) is 2.72. The number of unbranched alkanes of at least 4 members (excludes halogenated alkanes) is 1. The molecule has 2 amide bonds. The van der Waals surface area contributed by atoms with Crippen LogP contribution in [0.25, 0.3) is 0 Å². The maximum absolute atomic E-state index is 12.7. The molecule has 0 spiro atoms. The van der Waals surface area contributed by atoms with Crippen molar-refractivity contribution in [2.75, 3.05) is 10.2 Å². The lowest BCUT2D eigenvalue weighted by Gasteiger charge is -2.15.